The molecule has 4 rings (SSSR count). The van der Waals surface area contributed by atoms with Crippen LogP contribution in [0.15, 0.2) is 12.4 Å². The molecule has 2 heterocycles. The molecule has 1 saturated heterocycles. The highest BCUT2D eigenvalue weighted by molar-refractivity contribution is 5.34. The topological polar surface area (TPSA) is 99.5 Å². The number of ether oxygens (including phenoxy) is 1. The second-order valence-electron chi connectivity index (χ2n) is 9.46. The van der Waals surface area contributed by atoms with Gasteiger partial charge in [-0.05, 0) is 37.5 Å². The third-order valence-electron chi connectivity index (χ3n) is 7.34. The molecule has 3 fully saturated rings. The molecule has 4 atom stereocenters. The summed E-state index contributed by atoms with van der Waals surface area (Å²) in [4.78, 5) is 7.04. The number of anilines is 1. The van der Waals surface area contributed by atoms with Crippen molar-refractivity contribution in [1.82, 2.24) is 15.3 Å². The Morgan fingerprint density at radius 3 is 2.34 bits per heavy atom. The molecule has 0 amide bonds. The smallest absolute Gasteiger partial charge is 0.388 e. The quantitative estimate of drug-likeness (QED) is 0.520. The van der Waals surface area contributed by atoms with E-state index >= 15 is 0 Å². The summed E-state index contributed by atoms with van der Waals surface area (Å²) in [5, 5.41) is 27.2. The zero-order valence-electron chi connectivity index (χ0n) is 18.1. The minimum atomic E-state index is -4.61. The second kappa shape index (κ2) is 10.2. The van der Waals surface area contributed by atoms with Crippen LogP contribution in [0.3, 0.4) is 0 Å². The van der Waals surface area contributed by atoms with Gasteiger partial charge in [0.1, 0.15) is 18.0 Å². The van der Waals surface area contributed by atoms with Crippen LogP contribution in [0.5, 0.6) is 0 Å². The van der Waals surface area contributed by atoms with E-state index in [1.807, 2.05) is 0 Å². The molecule has 32 heavy (non-hydrogen) atoms. The van der Waals surface area contributed by atoms with Crippen molar-refractivity contribution in [2.24, 2.45) is 11.8 Å². The Bertz CT molecular complexity index is 739. The van der Waals surface area contributed by atoms with Crippen molar-refractivity contribution in [2.75, 3.05) is 18.5 Å². The van der Waals surface area contributed by atoms with E-state index in [1.165, 1.54) is 38.5 Å². The maximum absolute atomic E-state index is 12.8. The van der Waals surface area contributed by atoms with Crippen LogP contribution in [0, 0.1) is 11.8 Å². The minimum Gasteiger partial charge on any atom is -0.388 e. The predicted octanol–water partition coefficient (Wildman–Crippen LogP) is 2.74. The first-order valence-electron chi connectivity index (χ1n) is 11.7. The summed E-state index contributed by atoms with van der Waals surface area (Å²) in [7, 11) is 0. The average Bonchev–Trinajstić information content (AvgIpc) is 3.31. The Balaban J connectivity index is 1.23. The number of alkyl halides is 3. The van der Waals surface area contributed by atoms with Crippen LogP contribution in [0.1, 0.15) is 57.1 Å². The molecule has 0 spiro atoms. The van der Waals surface area contributed by atoms with Crippen molar-refractivity contribution >= 4 is 5.82 Å². The van der Waals surface area contributed by atoms with Gasteiger partial charge in [-0.1, -0.05) is 25.7 Å². The normalized spacial score (nSPS) is 34.5. The van der Waals surface area contributed by atoms with Crippen LogP contribution in [-0.2, 0) is 10.9 Å². The second-order valence-corrected chi connectivity index (χ2v) is 9.46. The summed E-state index contributed by atoms with van der Waals surface area (Å²) in [5.41, 5.74) is -1.13. The van der Waals surface area contributed by atoms with E-state index in [0.29, 0.717) is 18.8 Å². The van der Waals surface area contributed by atoms with Crippen molar-refractivity contribution in [1.29, 1.82) is 0 Å². The molecule has 10 heteroatoms. The molecule has 0 radical (unpaired) electrons. The first kappa shape index (κ1) is 23.7. The Kier molecular flexibility index (Phi) is 7.54. The number of nitrogens with zero attached hydrogens (tertiary/aromatic N) is 2. The molecule has 4 N–H and O–H groups in total. The number of hydrogen-bond donors (Lipinski definition) is 4. The number of aromatic nitrogens is 2. The van der Waals surface area contributed by atoms with Gasteiger partial charge in [-0.25, -0.2) is 4.98 Å². The van der Waals surface area contributed by atoms with Gasteiger partial charge in [-0.3, -0.25) is 4.98 Å². The van der Waals surface area contributed by atoms with Crippen molar-refractivity contribution < 1.29 is 28.1 Å². The monoisotopic (exact) mass is 458 g/mol. The lowest BCUT2D eigenvalue weighted by molar-refractivity contribution is -0.141. The maximum atomic E-state index is 12.8. The van der Waals surface area contributed by atoms with Crippen LogP contribution in [-0.4, -0.2) is 63.7 Å². The summed E-state index contributed by atoms with van der Waals surface area (Å²) in [6, 6.07) is -0.405. The SMILES string of the molecule is O[C@@H]1[C@H](O)[C@@H](Nc2cncc(C(F)(F)F)n2)CO[C@@H]1CNC1CCC(C2CCCC2)CC1. The number of rotatable bonds is 6. The lowest BCUT2D eigenvalue weighted by Gasteiger charge is -2.39. The fourth-order valence-electron chi connectivity index (χ4n) is 5.46. The molecule has 180 valence electrons. The van der Waals surface area contributed by atoms with Gasteiger partial charge in [0.15, 0.2) is 5.69 Å². The zero-order valence-corrected chi connectivity index (χ0v) is 18.1. The summed E-state index contributed by atoms with van der Waals surface area (Å²) in [5.74, 6) is 1.62. The highest BCUT2D eigenvalue weighted by Gasteiger charge is 2.39. The van der Waals surface area contributed by atoms with Crippen molar-refractivity contribution in [2.45, 2.75) is 87.9 Å². The highest BCUT2D eigenvalue weighted by atomic mass is 19.4. The van der Waals surface area contributed by atoms with E-state index < -0.39 is 36.2 Å². The van der Waals surface area contributed by atoms with E-state index in [4.69, 9.17) is 4.74 Å². The van der Waals surface area contributed by atoms with Gasteiger partial charge in [-0.15, -0.1) is 0 Å². The van der Waals surface area contributed by atoms with Crippen LogP contribution in [0.4, 0.5) is 19.0 Å². The van der Waals surface area contributed by atoms with Gasteiger partial charge in [0, 0.05) is 12.6 Å². The fraction of sp³-hybridized carbons (Fsp3) is 0.818. The Morgan fingerprint density at radius 2 is 1.66 bits per heavy atom. The van der Waals surface area contributed by atoms with Gasteiger partial charge in [0.05, 0.1) is 31.1 Å². The van der Waals surface area contributed by atoms with Crippen LogP contribution >= 0.6 is 0 Å². The van der Waals surface area contributed by atoms with Crippen molar-refractivity contribution in [3.05, 3.63) is 18.1 Å². The van der Waals surface area contributed by atoms with Crippen LogP contribution in [0.25, 0.3) is 0 Å². The van der Waals surface area contributed by atoms with E-state index in [1.54, 1.807) is 0 Å². The molecule has 3 aliphatic rings. The van der Waals surface area contributed by atoms with Gasteiger partial charge in [0.25, 0.3) is 0 Å². The Hall–Kier alpha value is -1.49. The summed E-state index contributed by atoms with van der Waals surface area (Å²) >= 11 is 0. The minimum absolute atomic E-state index is 0.0386. The van der Waals surface area contributed by atoms with E-state index in [0.717, 1.165) is 30.9 Å². The molecule has 2 aliphatic carbocycles. The summed E-state index contributed by atoms with van der Waals surface area (Å²) in [6.07, 6.45) is 4.43. The summed E-state index contributed by atoms with van der Waals surface area (Å²) < 4.78 is 44.2. The third-order valence-corrected chi connectivity index (χ3v) is 7.34. The zero-order chi connectivity index (χ0) is 22.7. The van der Waals surface area contributed by atoms with Gasteiger partial charge >= 0.3 is 6.18 Å². The number of aliphatic hydroxyl groups is 2. The van der Waals surface area contributed by atoms with Crippen LogP contribution < -0.4 is 10.6 Å². The lowest BCUT2D eigenvalue weighted by atomic mass is 9.77. The number of aliphatic hydroxyl groups excluding tert-OH is 2. The molecule has 0 bridgehead atoms. The maximum Gasteiger partial charge on any atom is 0.434 e. The molecule has 0 aromatic carbocycles. The largest absolute Gasteiger partial charge is 0.434 e. The lowest BCUT2D eigenvalue weighted by Crippen LogP contribution is -2.58. The first-order chi connectivity index (χ1) is 15.3. The highest BCUT2D eigenvalue weighted by Crippen LogP contribution is 2.39. The molecular weight excluding hydrogens is 425 g/mol. The molecule has 0 unspecified atom stereocenters. The molecule has 1 aromatic rings. The third kappa shape index (κ3) is 5.70. The van der Waals surface area contributed by atoms with Crippen molar-refractivity contribution in [3.63, 3.8) is 0 Å². The predicted molar refractivity (Wildman–Crippen MR) is 112 cm³/mol. The van der Waals surface area contributed by atoms with E-state index in [-0.39, 0.29) is 12.4 Å². The molecule has 1 aliphatic heterocycles. The van der Waals surface area contributed by atoms with E-state index in [2.05, 4.69) is 20.6 Å². The standard InChI is InChI=1S/C22H33F3N4O3/c23-22(24,25)18-10-26-11-19(29-18)28-16-12-32-17(21(31)20(16)30)9-27-15-7-5-14(6-8-15)13-3-1-2-4-13/h10-11,13-17,20-21,27,30-31H,1-9,12H2,(H,28,29)/t14?,15?,16-,17+,20+,21-/m0/s1. The number of halogens is 3. The number of nitrogens with one attached hydrogen (secondary N) is 2. The molecule has 1 aromatic heterocycles. The van der Waals surface area contributed by atoms with Gasteiger partial charge < -0.3 is 25.6 Å². The van der Waals surface area contributed by atoms with E-state index in [9.17, 15) is 23.4 Å². The fourth-order valence-corrected chi connectivity index (χ4v) is 5.46. The first-order valence-corrected chi connectivity index (χ1v) is 11.7. The molecule has 7 nitrogen and oxygen atoms in total. The average molecular weight is 459 g/mol. The Morgan fingerprint density at radius 1 is 0.969 bits per heavy atom. The van der Waals surface area contributed by atoms with Gasteiger partial charge in [0.2, 0.25) is 0 Å². The van der Waals surface area contributed by atoms with Gasteiger partial charge in [-0.2, -0.15) is 13.2 Å². The molecular formula is C22H33F3N4O3. The van der Waals surface area contributed by atoms with Crippen molar-refractivity contribution in [3.8, 4) is 0 Å². The van der Waals surface area contributed by atoms with Crippen LogP contribution in [0.2, 0.25) is 0 Å². The number of hydrogen-bond acceptors (Lipinski definition) is 7. The summed E-state index contributed by atoms with van der Waals surface area (Å²) in [6.45, 7) is 0.462. The Labute approximate surface area is 186 Å². The molecule has 2 saturated carbocycles.